The molecule has 0 atom stereocenters. The lowest BCUT2D eigenvalue weighted by Crippen LogP contribution is -2.13. The summed E-state index contributed by atoms with van der Waals surface area (Å²) in [7, 11) is 0. The molecule has 7 heteroatoms. The molecule has 0 aliphatic rings. The average Bonchev–Trinajstić information content (AvgIpc) is 2.96. The van der Waals surface area contributed by atoms with Crippen molar-refractivity contribution in [3.8, 4) is 11.3 Å². The Balaban J connectivity index is 1.77. The maximum Gasteiger partial charge on any atom is 0.276 e. The van der Waals surface area contributed by atoms with E-state index in [1.54, 1.807) is 6.07 Å². The fourth-order valence-electron chi connectivity index (χ4n) is 1.77. The summed E-state index contributed by atoms with van der Waals surface area (Å²) in [4.78, 5) is 20.5. The van der Waals surface area contributed by atoms with Crippen LogP contribution in [0.1, 0.15) is 10.5 Å². The van der Waals surface area contributed by atoms with Crippen molar-refractivity contribution >= 4 is 49.9 Å². The number of amides is 1. The number of hydrogen-bond acceptors (Lipinski definition) is 4. The van der Waals surface area contributed by atoms with Crippen molar-refractivity contribution in [2.45, 2.75) is 0 Å². The van der Waals surface area contributed by atoms with E-state index in [4.69, 9.17) is 11.6 Å². The smallest absolute Gasteiger partial charge is 0.276 e. The van der Waals surface area contributed by atoms with E-state index in [2.05, 4.69) is 31.2 Å². The third-order valence-electron chi connectivity index (χ3n) is 2.82. The number of thiazole rings is 1. The van der Waals surface area contributed by atoms with E-state index >= 15 is 0 Å². The number of rotatable bonds is 3. The van der Waals surface area contributed by atoms with Gasteiger partial charge in [-0.2, -0.15) is 0 Å². The second-order valence-electron chi connectivity index (χ2n) is 4.36. The molecule has 0 spiro atoms. The summed E-state index contributed by atoms with van der Waals surface area (Å²) < 4.78 is 1.01. The predicted octanol–water partition coefficient (Wildman–Crippen LogP) is 4.87. The fourth-order valence-corrected chi connectivity index (χ4v) is 2.91. The zero-order chi connectivity index (χ0) is 15.5. The van der Waals surface area contributed by atoms with Gasteiger partial charge in [-0.05, 0) is 24.3 Å². The highest BCUT2D eigenvalue weighted by atomic mass is 79.9. The fraction of sp³-hybridized carbons (Fsp3) is 0. The molecule has 0 bridgehead atoms. The van der Waals surface area contributed by atoms with E-state index < -0.39 is 0 Å². The normalized spacial score (nSPS) is 10.5. The summed E-state index contributed by atoms with van der Waals surface area (Å²) in [6, 6.07) is 11.0. The van der Waals surface area contributed by atoms with Gasteiger partial charge >= 0.3 is 0 Å². The quantitative estimate of drug-likeness (QED) is 0.689. The van der Waals surface area contributed by atoms with Gasteiger partial charge in [0.2, 0.25) is 0 Å². The van der Waals surface area contributed by atoms with Gasteiger partial charge in [0, 0.05) is 26.6 Å². The highest BCUT2D eigenvalue weighted by Gasteiger charge is 2.11. The van der Waals surface area contributed by atoms with Gasteiger partial charge in [0.1, 0.15) is 5.69 Å². The lowest BCUT2D eigenvalue weighted by Gasteiger charge is -2.01. The first kappa shape index (κ1) is 15.1. The van der Waals surface area contributed by atoms with Gasteiger partial charge in [0.15, 0.2) is 5.13 Å². The van der Waals surface area contributed by atoms with Gasteiger partial charge in [-0.15, -0.1) is 11.3 Å². The summed E-state index contributed by atoms with van der Waals surface area (Å²) in [5.74, 6) is -0.334. The van der Waals surface area contributed by atoms with Crippen LogP contribution in [0.5, 0.6) is 0 Å². The molecule has 3 rings (SSSR count). The van der Waals surface area contributed by atoms with Gasteiger partial charge in [-0.3, -0.25) is 15.1 Å². The molecule has 0 aliphatic heterocycles. The predicted molar refractivity (Wildman–Crippen MR) is 92.5 cm³/mol. The highest BCUT2D eigenvalue weighted by Crippen LogP contribution is 2.26. The number of anilines is 1. The molecule has 0 fully saturated rings. The van der Waals surface area contributed by atoms with Crippen LogP contribution in [-0.2, 0) is 0 Å². The minimum absolute atomic E-state index is 0.257. The molecule has 110 valence electrons. The van der Waals surface area contributed by atoms with E-state index in [0.29, 0.717) is 10.2 Å². The van der Waals surface area contributed by atoms with Crippen LogP contribution in [0.15, 0.2) is 52.4 Å². The number of pyridine rings is 1. The van der Waals surface area contributed by atoms with Crippen LogP contribution >= 0.6 is 38.9 Å². The largest absolute Gasteiger partial charge is 0.296 e. The van der Waals surface area contributed by atoms with E-state index in [9.17, 15) is 4.79 Å². The topological polar surface area (TPSA) is 54.9 Å². The van der Waals surface area contributed by atoms with Gasteiger partial charge in [0.05, 0.1) is 5.69 Å². The van der Waals surface area contributed by atoms with Crippen molar-refractivity contribution in [1.29, 1.82) is 0 Å². The van der Waals surface area contributed by atoms with E-state index in [-0.39, 0.29) is 11.6 Å². The Morgan fingerprint density at radius 2 is 2.00 bits per heavy atom. The second kappa shape index (κ2) is 6.56. The maximum absolute atomic E-state index is 12.1. The summed E-state index contributed by atoms with van der Waals surface area (Å²) in [6.45, 7) is 0. The van der Waals surface area contributed by atoms with Crippen molar-refractivity contribution in [3.05, 3.63) is 63.2 Å². The number of carbonyl (C=O) groups is 1. The van der Waals surface area contributed by atoms with Crippen LogP contribution in [0.25, 0.3) is 11.3 Å². The van der Waals surface area contributed by atoms with Crippen LogP contribution < -0.4 is 5.32 Å². The van der Waals surface area contributed by atoms with E-state index in [1.807, 2.05) is 29.6 Å². The molecular formula is C15H9BrClN3OS. The molecule has 1 amide bonds. The zero-order valence-corrected chi connectivity index (χ0v) is 14.2. The Bertz CT molecular complexity index is 820. The average molecular weight is 395 g/mol. The lowest BCUT2D eigenvalue weighted by molar-refractivity contribution is 0.102. The van der Waals surface area contributed by atoms with Crippen LogP contribution in [0.3, 0.4) is 0 Å². The minimum atomic E-state index is -0.334. The van der Waals surface area contributed by atoms with Crippen molar-refractivity contribution < 1.29 is 4.79 Å². The first-order valence-electron chi connectivity index (χ1n) is 6.26. The van der Waals surface area contributed by atoms with Crippen molar-refractivity contribution in [2.24, 2.45) is 0 Å². The summed E-state index contributed by atoms with van der Waals surface area (Å²) in [6.07, 6.45) is 1.49. The molecule has 22 heavy (non-hydrogen) atoms. The van der Waals surface area contributed by atoms with Crippen molar-refractivity contribution in [3.63, 3.8) is 0 Å². The molecule has 0 aliphatic carbocycles. The molecule has 0 unspecified atom stereocenters. The number of aromatic nitrogens is 2. The number of halogens is 2. The van der Waals surface area contributed by atoms with Crippen molar-refractivity contribution in [2.75, 3.05) is 5.32 Å². The molecule has 1 aromatic carbocycles. The van der Waals surface area contributed by atoms with Crippen LogP contribution in [0.2, 0.25) is 5.02 Å². The first-order chi connectivity index (χ1) is 10.6. The molecule has 2 aromatic heterocycles. The molecule has 3 aromatic rings. The molecule has 2 heterocycles. The molecular weight excluding hydrogens is 386 g/mol. The summed E-state index contributed by atoms with van der Waals surface area (Å²) >= 11 is 10.6. The molecule has 4 nitrogen and oxygen atoms in total. The number of nitrogens with zero attached hydrogens (tertiary/aromatic N) is 2. The SMILES string of the molecule is O=C(Nc1nc(-c2ccc(Br)cc2)cs1)c1cc(Cl)ccn1. The monoisotopic (exact) mass is 393 g/mol. The number of nitrogens with one attached hydrogen (secondary N) is 1. The Morgan fingerprint density at radius 3 is 2.73 bits per heavy atom. The third-order valence-corrected chi connectivity index (χ3v) is 4.34. The highest BCUT2D eigenvalue weighted by molar-refractivity contribution is 9.10. The number of carbonyl (C=O) groups excluding carboxylic acids is 1. The number of hydrogen-bond donors (Lipinski definition) is 1. The van der Waals surface area contributed by atoms with Gasteiger partial charge in [0.25, 0.3) is 5.91 Å². The van der Waals surface area contributed by atoms with Crippen molar-refractivity contribution in [1.82, 2.24) is 9.97 Å². The second-order valence-corrected chi connectivity index (χ2v) is 6.57. The number of benzene rings is 1. The Hall–Kier alpha value is -1.76. The zero-order valence-electron chi connectivity index (χ0n) is 11.1. The third kappa shape index (κ3) is 3.52. The first-order valence-corrected chi connectivity index (χ1v) is 8.31. The molecule has 0 saturated heterocycles. The Labute approximate surface area is 144 Å². The standard InChI is InChI=1S/C15H9BrClN3OS/c16-10-3-1-9(2-4-10)13-8-22-15(19-13)20-14(21)12-7-11(17)5-6-18-12/h1-8H,(H,19,20,21). The molecule has 0 saturated carbocycles. The van der Waals surface area contributed by atoms with E-state index in [0.717, 1.165) is 15.7 Å². The van der Waals surface area contributed by atoms with Gasteiger partial charge < -0.3 is 0 Å². The van der Waals surface area contributed by atoms with Crippen LogP contribution in [-0.4, -0.2) is 15.9 Å². The lowest BCUT2D eigenvalue weighted by atomic mass is 10.2. The minimum Gasteiger partial charge on any atom is -0.296 e. The summed E-state index contributed by atoms with van der Waals surface area (Å²) in [5.41, 5.74) is 2.06. The summed E-state index contributed by atoms with van der Waals surface area (Å²) in [5, 5.41) is 5.60. The van der Waals surface area contributed by atoms with Crippen LogP contribution in [0.4, 0.5) is 5.13 Å². The molecule has 1 N–H and O–H groups in total. The van der Waals surface area contributed by atoms with E-state index in [1.165, 1.54) is 23.6 Å². The molecule has 0 radical (unpaired) electrons. The Kier molecular flexibility index (Phi) is 4.52. The maximum atomic E-state index is 12.1. The van der Waals surface area contributed by atoms with Gasteiger partial charge in [-0.25, -0.2) is 4.98 Å². The Morgan fingerprint density at radius 1 is 1.23 bits per heavy atom. The van der Waals surface area contributed by atoms with Gasteiger partial charge in [-0.1, -0.05) is 39.7 Å². The van der Waals surface area contributed by atoms with Crippen LogP contribution in [0, 0.1) is 0 Å².